The molecule has 6 N–H and O–H groups in total. The SMILES string of the molecule is CCCCC/C=C\C/C=C\CCCCCCCCCCCC(=O)NC(COC1OC(CO)C(O)C(O)C1O)C(O)/C=C/CC/C=C/CCCCCCCCCCCCCCCCCCCCCCCCC. The van der Waals surface area contributed by atoms with Crippen molar-refractivity contribution in [2.75, 3.05) is 13.2 Å². The quantitative estimate of drug-likeness (QED) is 0.0261. The summed E-state index contributed by atoms with van der Waals surface area (Å²) in [5.74, 6) is -0.189. The summed E-state index contributed by atoms with van der Waals surface area (Å²) < 4.78 is 11.3. The van der Waals surface area contributed by atoms with E-state index in [0.717, 1.165) is 51.4 Å². The molecule has 0 spiro atoms. The zero-order valence-electron chi connectivity index (χ0n) is 46.2. The molecule has 0 aromatic heterocycles. The highest BCUT2D eigenvalue weighted by molar-refractivity contribution is 5.76. The third-order valence-corrected chi connectivity index (χ3v) is 14.4. The summed E-state index contributed by atoms with van der Waals surface area (Å²) in [5.41, 5.74) is 0. The summed E-state index contributed by atoms with van der Waals surface area (Å²) in [6, 6.07) is -0.826. The van der Waals surface area contributed by atoms with E-state index in [9.17, 15) is 30.3 Å². The van der Waals surface area contributed by atoms with E-state index in [4.69, 9.17) is 9.47 Å². The molecule has 1 fully saturated rings. The summed E-state index contributed by atoms with van der Waals surface area (Å²) in [6.07, 6.45) is 61.9. The van der Waals surface area contributed by atoms with E-state index >= 15 is 0 Å². The van der Waals surface area contributed by atoms with Crippen molar-refractivity contribution in [3.63, 3.8) is 0 Å². The van der Waals surface area contributed by atoms with E-state index < -0.39 is 49.5 Å². The second-order valence-electron chi connectivity index (χ2n) is 21.1. The van der Waals surface area contributed by atoms with Crippen molar-refractivity contribution in [2.24, 2.45) is 0 Å². The van der Waals surface area contributed by atoms with E-state index in [-0.39, 0.29) is 12.5 Å². The van der Waals surface area contributed by atoms with Crippen LogP contribution in [0.5, 0.6) is 0 Å². The lowest BCUT2D eigenvalue weighted by molar-refractivity contribution is -0.302. The first kappa shape index (κ1) is 67.2. The Hall–Kier alpha value is -1.85. The summed E-state index contributed by atoms with van der Waals surface area (Å²) in [5, 5.41) is 54.5. The van der Waals surface area contributed by atoms with E-state index in [0.29, 0.717) is 6.42 Å². The van der Waals surface area contributed by atoms with Crippen LogP contribution >= 0.6 is 0 Å². The molecule has 71 heavy (non-hydrogen) atoms. The lowest BCUT2D eigenvalue weighted by atomic mass is 9.99. The average Bonchev–Trinajstić information content (AvgIpc) is 3.37. The van der Waals surface area contributed by atoms with Crippen LogP contribution in [0.25, 0.3) is 0 Å². The Bertz CT molecular complexity index is 1250. The van der Waals surface area contributed by atoms with Crippen LogP contribution in [0.1, 0.15) is 284 Å². The summed E-state index contributed by atoms with van der Waals surface area (Å²) in [4.78, 5) is 13.1. The highest BCUT2D eigenvalue weighted by atomic mass is 16.7. The maximum Gasteiger partial charge on any atom is 0.220 e. The number of unbranched alkanes of at least 4 members (excludes halogenated alkanes) is 36. The lowest BCUT2D eigenvalue weighted by Crippen LogP contribution is -2.60. The Labute approximate surface area is 437 Å². The molecular formula is C62H115NO8. The molecule has 1 aliphatic heterocycles. The molecule has 0 aliphatic carbocycles. The maximum absolute atomic E-state index is 13.1. The molecule has 1 aliphatic rings. The van der Waals surface area contributed by atoms with E-state index in [1.54, 1.807) is 6.08 Å². The Morgan fingerprint density at radius 2 is 0.845 bits per heavy atom. The number of amides is 1. The molecule has 9 nitrogen and oxygen atoms in total. The van der Waals surface area contributed by atoms with Gasteiger partial charge in [0.1, 0.15) is 24.4 Å². The third kappa shape index (κ3) is 41.1. The number of nitrogens with one attached hydrogen (secondary N) is 1. The number of carbonyl (C=O) groups excluding carboxylic acids is 1. The summed E-state index contributed by atoms with van der Waals surface area (Å²) in [7, 11) is 0. The van der Waals surface area contributed by atoms with Gasteiger partial charge in [0.05, 0.1) is 25.4 Å². The van der Waals surface area contributed by atoms with Crippen LogP contribution in [0.2, 0.25) is 0 Å². The highest BCUT2D eigenvalue weighted by Crippen LogP contribution is 2.23. The molecule has 1 rings (SSSR count). The van der Waals surface area contributed by atoms with Crippen molar-refractivity contribution in [3.05, 3.63) is 48.6 Å². The summed E-state index contributed by atoms with van der Waals surface area (Å²) in [6.45, 7) is 3.76. The number of carbonyl (C=O) groups is 1. The Balaban J connectivity index is 2.21. The van der Waals surface area contributed by atoms with Gasteiger partial charge in [0.2, 0.25) is 5.91 Å². The van der Waals surface area contributed by atoms with Gasteiger partial charge in [0.25, 0.3) is 0 Å². The first-order chi connectivity index (χ1) is 34.8. The fraction of sp³-hybridized carbons (Fsp3) is 0.855. The van der Waals surface area contributed by atoms with Gasteiger partial charge in [-0.05, 0) is 64.2 Å². The van der Waals surface area contributed by atoms with Crippen LogP contribution in [-0.2, 0) is 14.3 Å². The molecule has 7 unspecified atom stereocenters. The predicted molar refractivity (Wildman–Crippen MR) is 299 cm³/mol. The Kier molecular flexibility index (Phi) is 48.8. The fourth-order valence-corrected chi connectivity index (χ4v) is 9.56. The zero-order valence-corrected chi connectivity index (χ0v) is 46.2. The first-order valence-corrected chi connectivity index (χ1v) is 30.4. The molecule has 9 heteroatoms. The maximum atomic E-state index is 13.1. The fourth-order valence-electron chi connectivity index (χ4n) is 9.56. The standard InChI is InChI=1S/C62H115NO8/c1-3-5-7-9-11-13-15-17-19-21-23-24-25-26-27-28-29-30-31-32-34-35-37-39-41-43-45-47-49-51-56(65)55(54-70-62-61(69)60(68)59(67)57(53-64)71-62)63-58(66)52-50-48-46-44-42-40-38-36-33-22-20-18-16-14-12-10-8-6-4-2/h12,14,18,20,41,43,49,51,55-57,59-62,64-65,67-69H,3-11,13,15-17,19,21-40,42,44-48,50,52-54H2,1-2H3,(H,63,66)/b14-12-,20-18-,43-41+,51-49+. The monoisotopic (exact) mass is 1000 g/mol. The zero-order chi connectivity index (χ0) is 51.5. The number of hydrogen-bond acceptors (Lipinski definition) is 8. The van der Waals surface area contributed by atoms with E-state index in [2.05, 4.69) is 55.6 Å². The molecule has 0 aromatic rings. The van der Waals surface area contributed by atoms with Gasteiger partial charge in [-0.1, -0.05) is 262 Å². The van der Waals surface area contributed by atoms with Gasteiger partial charge in [-0.15, -0.1) is 0 Å². The number of aliphatic hydroxyl groups excluding tert-OH is 5. The van der Waals surface area contributed by atoms with Crippen LogP contribution < -0.4 is 5.32 Å². The minimum atomic E-state index is -1.57. The molecule has 1 saturated heterocycles. The summed E-state index contributed by atoms with van der Waals surface area (Å²) >= 11 is 0. The van der Waals surface area contributed by atoms with Crippen LogP contribution in [0.3, 0.4) is 0 Å². The van der Waals surface area contributed by atoms with Crippen molar-refractivity contribution >= 4 is 5.91 Å². The largest absolute Gasteiger partial charge is 0.394 e. The molecule has 0 saturated carbocycles. The van der Waals surface area contributed by atoms with Crippen LogP contribution in [0, 0.1) is 0 Å². The Morgan fingerprint density at radius 3 is 1.30 bits per heavy atom. The minimum Gasteiger partial charge on any atom is -0.394 e. The number of allylic oxidation sites excluding steroid dienone is 7. The normalized spacial score (nSPS) is 19.6. The molecule has 0 bridgehead atoms. The van der Waals surface area contributed by atoms with E-state index in [1.807, 2.05) is 6.08 Å². The topological polar surface area (TPSA) is 149 Å². The van der Waals surface area contributed by atoms with Crippen LogP contribution in [-0.4, -0.2) is 87.5 Å². The number of rotatable bonds is 52. The molecule has 1 heterocycles. The van der Waals surface area contributed by atoms with Crippen LogP contribution in [0.4, 0.5) is 0 Å². The number of aliphatic hydroxyl groups is 5. The molecular weight excluding hydrogens is 887 g/mol. The van der Waals surface area contributed by atoms with Gasteiger partial charge in [-0.25, -0.2) is 0 Å². The van der Waals surface area contributed by atoms with E-state index in [1.165, 1.54) is 212 Å². The van der Waals surface area contributed by atoms with Crippen LogP contribution in [0.15, 0.2) is 48.6 Å². The van der Waals surface area contributed by atoms with Crippen molar-refractivity contribution in [1.29, 1.82) is 0 Å². The smallest absolute Gasteiger partial charge is 0.220 e. The van der Waals surface area contributed by atoms with Gasteiger partial charge in [0, 0.05) is 6.42 Å². The van der Waals surface area contributed by atoms with Gasteiger partial charge in [-0.2, -0.15) is 0 Å². The van der Waals surface area contributed by atoms with Crippen molar-refractivity contribution in [1.82, 2.24) is 5.32 Å². The highest BCUT2D eigenvalue weighted by Gasteiger charge is 2.44. The molecule has 1 amide bonds. The molecule has 0 aromatic carbocycles. The van der Waals surface area contributed by atoms with Crippen molar-refractivity contribution < 1.29 is 39.8 Å². The van der Waals surface area contributed by atoms with Gasteiger partial charge >= 0.3 is 0 Å². The van der Waals surface area contributed by atoms with Gasteiger partial charge < -0.3 is 40.3 Å². The van der Waals surface area contributed by atoms with Crippen molar-refractivity contribution in [2.45, 2.75) is 326 Å². The lowest BCUT2D eigenvalue weighted by Gasteiger charge is -2.40. The molecule has 7 atom stereocenters. The second kappa shape index (κ2) is 51.6. The number of hydrogen-bond donors (Lipinski definition) is 6. The average molecular weight is 1000 g/mol. The van der Waals surface area contributed by atoms with Gasteiger partial charge in [0.15, 0.2) is 6.29 Å². The van der Waals surface area contributed by atoms with Crippen molar-refractivity contribution in [3.8, 4) is 0 Å². The second-order valence-corrected chi connectivity index (χ2v) is 21.1. The minimum absolute atomic E-state index is 0.189. The number of ether oxygens (including phenoxy) is 2. The molecule has 0 radical (unpaired) electrons. The third-order valence-electron chi connectivity index (χ3n) is 14.4. The molecule has 416 valence electrons. The Morgan fingerprint density at radius 1 is 0.479 bits per heavy atom. The predicted octanol–water partition coefficient (Wildman–Crippen LogP) is 15.3. The first-order valence-electron chi connectivity index (χ1n) is 30.4. The van der Waals surface area contributed by atoms with Gasteiger partial charge in [-0.3, -0.25) is 4.79 Å².